The van der Waals surface area contributed by atoms with E-state index in [1.165, 1.54) is 31.4 Å². The lowest BCUT2D eigenvalue weighted by Crippen LogP contribution is -2.35. The summed E-state index contributed by atoms with van der Waals surface area (Å²) in [4.78, 5) is 15.1. The molecule has 1 aliphatic carbocycles. The van der Waals surface area contributed by atoms with Crippen LogP contribution in [-0.2, 0) is 4.79 Å². The van der Waals surface area contributed by atoms with Gasteiger partial charge in [0.1, 0.15) is 0 Å². The number of likely N-dealkylation sites (N-methyl/N-ethyl adjacent to an activating group) is 2. The van der Waals surface area contributed by atoms with E-state index in [1.807, 2.05) is 7.05 Å². The van der Waals surface area contributed by atoms with Crippen molar-refractivity contribution in [1.29, 1.82) is 0 Å². The number of carbonyl (C=O) groups is 1. The van der Waals surface area contributed by atoms with Crippen molar-refractivity contribution in [2.24, 2.45) is 17.6 Å². The van der Waals surface area contributed by atoms with Crippen LogP contribution in [-0.4, -0.2) is 49.4 Å². The number of rotatable bonds is 6. The highest BCUT2D eigenvalue weighted by Gasteiger charge is 2.23. The standard InChI is InChI=1S/C15H29N3O/c1-12(15-7-5-14(11-16)6-8-15)17(3)9-10-18(4)13(2)19/h14-15H,1,5-11,16H2,2-4H3. The molecule has 0 unspecified atom stereocenters. The van der Waals surface area contributed by atoms with Gasteiger partial charge in [0, 0.05) is 39.8 Å². The Morgan fingerprint density at radius 1 is 1.16 bits per heavy atom. The van der Waals surface area contributed by atoms with Gasteiger partial charge in [-0.1, -0.05) is 6.58 Å². The van der Waals surface area contributed by atoms with Crippen molar-refractivity contribution in [2.45, 2.75) is 32.6 Å². The van der Waals surface area contributed by atoms with Crippen molar-refractivity contribution < 1.29 is 4.79 Å². The molecule has 0 saturated heterocycles. The van der Waals surface area contributed by atoms with Crippen LogP contribution in [0.3, 0.4) is 0 Å². The molecule has 1 saturated carbocycles. The molecule has 4 heteroatoms. The number of nitrogens with two attached hydrogens (primary N) is 1. The molecular formula is C15H29N3O. The molecule has 0 aliphatic heterocycles. The minimum atomic E-state index is 0.113. The first kappa shape index (κ1) is 16.0. The third kappa shape index (κ3) is 4.86. The Morgan fingerprint density at radius 3 is 2.16 bits per heavy atom. The number of hydrogen-bond acceptors (Lipinski definition) is 3. The van der Waals surface area contributed by atoms with Crippen molar-refractivity contribution in [2.75, 3.05) is 33.7 Å². The van der Waals surface area contributed by atoms with Crippen LogP contribution >= 0.6 is 0 Å². The molecule has 0 aromatic rings. The predicted octanol–water partition coefficient (Wildman–Crippen LogP) is 1.68. The van der Waals surface area contributed by atoms with E-state index in [-0.39, 0.29) is 5.91 Å². The molecule has 0 aromatic heterocycles. The monoisotopic (exact) mass is 267 g/mol. The molecule has 0 bridgehead atoms. The highest BCUT2D eigenvalue weighted by molar-refractivity contribution is 5.72. The van der Waals surface area contributed by atoms with E-state index in [0.29, 0.717) is 11.8 Å². The minimum absolute atomic E-state index is 0.113. The van der Waals surface area contributed by atoms with Crippen molar-refractivity contribution in [3.63, 3.8) is 0 Å². The number of hydrogen-bond donors (Lipinski definition) is 1. The minimum Gasteiger partial charge on any atom is -0.376 e. The summed E-state index contributed by atoms with van der Waals surface area (Å²) in [6, 6.07) is 0. The third-order valence-electron chi connectivity index (χ3n) is 4.45. The lowest BCUT2D eigenvalue weighted by atomic mass is 9.80. The van der Waals surface area contributed by atoms with Gasteiger partial charge < -0.3 is 15.5 Å². The molecular weight excluding hydrogens is 238 g/mol. The van der Waals surface area contributed by atoms with Crippen LogP contribution in [0, 0.1) is 11.8 Å². The fraction of sp³-hybridized carbons (Fsp3) is 0.800. The van der Waals surface area contributed by atoms with Crippen LogP contribution in [0.2, 0.25) is 0 Å². The summed E-state index contributed by atoms with van der Waals surface area (Å²) in [6.07, 6.45) is 4.85. The molecule has 110 valence electrons. The summed E-state index contributed by atoms with van der Waals surface area (Å²) >= 11 is 0. The van der Waals surface area contributed by atoms with Gasteiger partial charge in [-0.2, -0.15) is 0 Å². The van der Waals surface area contributed by atoms with Gasteiger partial charge in [0.2, 0.25) is 5.91 Å². The van der Waals surface area contributed by atoms with Gasteiger partial charge in [0.25, 0.3) is 0 Å². The topological polar surface area (TPSA) is 49.6 Å². The molecule has 0 spiro atoms. The van der Waals surface area contributed by atoms with Gasteiger partial charge in [-0.3, -0.25) is 4.79 Å². The highest BCUT2D eigenvalue weighted by Crippen LogP contribution is 2.33. The van der Waals surface area contributed by atoms with E-state index in [4.69, 9.17) is 5.73 Å². The molecule has 1 aliphatic rings. The van der Waals surface area contributed by atoms with Crippen LogP contribution in [0.25, 0.3) is 0 Å². The molecule has 1 rings (SSSR count). The molecule has 0 aromatic carbocycles. The fourth-order valence-corrected chi connectivity index (χ4v) is 2.64. The Morgan fingerprint density at radius 2 is 1.68 bits per heavy atom. The first-order valence-electron chi connectivity index (χ1n) is 7.27. The third-order valence-corrected chi connectivity index (χ3v) is 4.45. The Labute approximate surface area is 117 Å². The lowest BCUT2D eigenvalue weighted by molar-refractivity contribution is -0.127. The zero-order valence-corrected chi connectivity index (χ0v) is 12.7. The first-order chi connectivity index (χ1) is 8.95. The van der Waals surface area contributed by atoms with Crippen LogP contribution in [0.15, 0.2) is 12.3 Å². The number of amides is 1. The molecule has 4 nitrogen and oxygen atoms in total. The second-order valence-corrected chi connectivity index (χ2v) is 5.81. The normalized spacial score (nSPS) is 22.9. The van der Waals surface area contributed by atoms with Gasteiger partial charge >= 0.3 is 0 Å². The van der Waals surface area contributed by atoms with E-state index >= 15 is 0 Å². The Hall–Kier alpha value is -1.03. The van der Waals surface area contributed by atoms with Gasteiger partial charge in [-0.25, -0.2) is 0 Å². The van der Waals surface area contributed by atoms with E-state index in [9.17, 15) is 4.79 Å². The average molecular weight is 267 g/mol. The van der Waals surface area contributed by atoms with Crippen LogP contribution in [0.5, 0.6) is 0 Å². The Kier molecular flexibility index (Phi) is 6.35. The summed E-state index contributed by atoms with van der Waals surface area (Å²) in [7, 11) is 3.91. The van der Waals surface area contributed by atoms with Crippen LogP contribution in [0.4, 0.5) is 0 Å². The Bertz CT molecular complexity index is 309. The van der Waals surface area contributed by atoms with E-state index < -0.39 is 0 Å². The second kappa shape index (κ2) is 7.53. The van der Waals surface area contributed by atoms with Crippen molar-refractivity contribution in [1.82, 2.24) is 9.80 Å². The molecule has 0 heterocycles. The van der Waals surface area contributed by atoms with Gasteiger partial charge in [0.05, 0.1) is 0 Å². The SMILES string of the molecule is C=C(C1CCC(CN)CC1)N(C)CCN(C)C(C)=O. The smallest absolute Gasteiger partial charge is 0.219 e. The van der Waals surface area contributed by atoms with Crippen molar-refractivity contribution in [3.8, 4) is 0 Å². The average Bonchev–Trinajstić information content (AvgIpc) is 2.43. The second-order valence-electron chi connectivity index (χ2n) is 5.81. The molecule has 1 fully saturated rings. The maximum Gasteiger partial charge on any atom is 0.219 e. The zero-order chi connectivity index (χ0) is 14.4. The first-order valence-corrected chi connectivity index (χ1v) is 7.27. The van der Waals surface area contributed by atoms with Gasteiger partial charge in [-0.15, -0.1) is 0 Å². The highest BCUT2D eigenvalue weighted by atomic mass is 16.2. The van der Waals surface area contributed by atoms with E-state index in [1.54, 1.807) is 11.8 Å². The lowest BCUT2D eigenvalue weighted by Gasteiger charge is -2.34. The summed E-state index contributed by atoms with van der Waals surface area (Å²) in [6.45, 7) is 8.27. The fourth-order valence-electron chi connectivity index (χ4n) is 2.64. The van der Waals surface area contributed by atoms with Crippen LogP contribution in [0.1, 0.15) is 32.6 Å². The van der Waals surface area contributed by atoms with E-state index in [2.05, 4.69) is 18.5 Å². The maximum absolute atomic E-state index is 11.2. The summed E-state index contributed by atoms with van der Waals surface area (Å²) < 4.78 is 0. The number of nitrogens with zero attached hydrogens (tertiary/aromatic N) is 2. The largest absolute Gasteiger partial charge is 0.376 e. The summed E-state index contributed by atoms with van der Waals surface area (Å²) in [5.41, 5.74) is 6.94. The van der Waals surface area contributed by atoms with Crippen molar-refractivity contribution in [3.05, 3.63) is 12.3 Å². The molecule has 1 amide bonds. The van der Waals surface area contributed by atoms with Gasteiger partial charge in [0.15, 0.2) is 0 Å². The molecule has 0 atom stereocenters. The van der Waals surface area contributed by atoms with E-state index in [0.717, 1.165) is 19.6 Å². The van der Waals surface area contributed by atoms with Crippen molar-refractivity contribution >= 4 is 5.91 Å². The van der Waals surface area contributed by atoms with Crippen LogP contribution < -0.4 is 5.73 Å². The summed E-state index contributed by atoms with van der Waals surface area (Å²) in [5.74, 6) is 1.41. The number of allylic oxidation sites excluding steroid dienone is 1. The quantitative estimate of drug-likeness (QED) is 0.796. The zero-order valence-electron chi connectivity index (χ0n) is 12.7. The Balaban J connectivity index is 2.34. The predicted molar refractivity (Wildman–Crippen MR) is 79.6 cm³/mol. The number of carbonyl (C=O) groups excluding carboxylic acids is 1. The van der Waals surface area contributed by atoms with Gasteiger partial charge in [-0.05, 0) is 44.1 Å². The molecule has 2 N–H and O–H groups in total. The molecule has 0 radical (unpaired) electrons. The molecule has 19 heavy (non-hydrogen) atoms. The maximum atomic E-state index is 11.2. The summed E-state index contributed by atoms with van der Waals surface area (Å²) in [5, 5.41) is 0.